The van der Waals surface area contributed by atoms with Crippen molar-refractivity contribution in [3.05, 3.63) is 110 Å². The van der Waals surface area contributed by atoms with Gasteiger partial charge in [0.1, 0.15) is 0 Å². The molecule has 48 heavy (non-hydrogen) atoms. The molecule has 0 atom stereocenters. The second-order valence-corrected chi connectivity index (χ2v) is 15.7. The zero-order chi connectivity index (χ0) is 34.2. The van der Waals surface area contributed by atoms with Crippen molar-refractivity contribution in [2.75, 3.05) is 18.5 Å². The third kappa shape index (κ3) is 7.09. The van der Waals surface area contributed by atoms with Crippen LogP contribution in [0.3, 0.4) is 0 Å². The summed E-state index contributed by atoms with van der Waals surface area (Å²) in [6, 6.07) is 23.4. The zero-order valence-corrected chi connectivity index (χ0v) is 30.5. The van der Waals surface area contributed by atoms with Crippen molar-refractivity contribution in [2.45, 2.75) is 72.8 Å². The molecule has 0 radical (unpaired) electrons. The number of nitrogens with zero attached hydrogens (tertiary/aromatic N) is 1. The highest BCUT2D eigenvalue weighted by Crippen LogP contribution is 2.55. The van der Waals surface area contributed by atoms with E-state index in [2.05, 4.69) is 72.6 Å². The van der Waals surface area contributed by atoms with Crippen molar-refractivity contribution in [1.29, 1.82) is 0 Å². The van der Waals surface area contributed by atoms with Gasteiger partial charge in [-0.15, -0.1) is 0 Å². The summed E-state index contributed by atoms with van der Waals surface area (Å²) in [5.74, 6) is 0.303. The Morgan fingerprint density at radius 3 is 1.96 bits per heavy atom. The first-order chi connectivity index (χ1) is 22.9. The average molecular weight is 759 g/mol. The first-order valence-electron chi connectivity index (χ1n) is 16.6. The maximum atomic E-state index is 14.3. The van der Waals surface area contributed by atoms with E-state index in [1.165, 1.54) is 0 Å². The molecule has 3 aromatic carbocycles. The molecule has 1 aliphatic heterocycles. The summed E-state index contributed by atoms with van der Waals surface area (Å²) in [6.07, 6.45) is 2.29. The number of ether oxygens (including phenoxy) is 2. The molecule has 3 aromatic rings. The first-order valence-corrected chi connectivity index (χ1v) is 17.7. The number of rotatable bonds is 9. The van der Waals surface area contributed by atoms with Gasteiger partial charge < -0.3 is 19.7 Å². The number of anilines is 1. The number of halogens is 1. The lowest BCUT2D eigenvalue weighted by Crippen LogP contribution is -2.44. The van der Waals surface area contributed by atoms with Crippen molar-refractivity contribution in [1.82, 2.24) is 4.90 Å². The molecule has 0 bridgehead atoms. The highest BCUT2D eigenvalue weighted by molar-refractivity contribution is 14.1. The van der Waals surface area contributed by atoms with Crippen LogP contribution in [0.5, 0.6) is 11.5 Å². The second kappa shape index (κ2) is 13.5. The highest BCUT2D eigenvalue weighted by Gasteiger charge is 2.49. The van der Waals surface area contributed by atoms with E-state index in [0.717, 1.165) is 38.9 Å². The van der Waals surface area contributed by atoms with Crippen molar-refractivity contribution in [3.63, 3.8) is 0 Å². The molecular formula is C40H43IN2O5. The van der Waals surface area contributed by atoms with Gasteiger partial charge in [0.25, 0.3) is 5.91 Å². The van der Waals surface area contributed by atoms with Gasteiger partial charge in [0.2, 0.25) is 0 Å². The van der Waals surface area contributed by atoms with E-state index < -0.39 is 5.92 Å². The minimum Gasteiger partial charge on any atom is -0.490 e. The number of carbonyl (C=O) groups excluding carboxylic acids is 3. The third-order valence-electron chi connectivity index (χ3n) is 9.28. The minimum absolute atomic E-state index is 0.0828. The largest absolute Gasteiger partial charge is 0.490 e. The Labute approximate surface area is 296 Å². The Bertz CT molecular complexity index is 1760. The predicted molar refractivity (Wildman–Crippen MR) is 196 cm³/mol. The number of carbonyl (C=O) groups is 3. The summed E-state index contributed by atoms with van der Waals surface area (Å²) in [4.78, 5) is 43.7. The Morgan fingerprint density at radius 1 is 0.833 bits per heavy atom. The maximum absolute atomic E-state index is 14.3. The van der Waals surface area contributed by atoms with E-state index in [-0.39, 0.29) is 34.9 Å². The van der Waals surface area contributed by atoms with Gasteiger partial charge in [-0.05, 0) is 88.6 Å². The number of allylic oxidation sites excluding steroid dienone is 4. The number of ketones is 2. The van der Waals surface area contributed by atoms with E-state index in [1.807, 2.05) is 67.6 Å². The lowest BCUT2D eigenvalue weighted by atomic mass is 9.63. The van der Waals surface area contributed by atoms with Gasteiger partial charge in [-0.2, -0.15) is 0 Å². The fourth-order valence-electron chi connectivity index (χ4n) is 7.35. The predicted octanol–water partition coefficient (Wildman–Crippen LogP) is 8.59. The highest BCUT2D eigenvalue weighted by atomic mass is 127. The van der Waals surface area contributed by atoms with E-state index in [4.69, 9.17) is 9.47 Å². The number of nitrogens with one attached hydrogen (secondary N) is 1. The fourth-order valence-corrected chi connectivity index (χ4v) is 8.13. The summed E-state index contributed by atoms with van der Waals surface area (Å²) in [6.45, 7) is 11.3. The maximum Gasteiger partial charge on any atom is 0.262 e. The molecule has 250 valence electrons. The van der Waals surface area contributed by atoms with Crippen molar-refractivity contribution >= 4 is 45.8 Å². The lowest BCUT2D eigenvalue weighted by Gasteiger charge is -2.49. The van der Waals surface area contributed by atoms with Crippen LogP contribution >= 0.6 is 22.6 Å². The number of hydrogen-bond donors (Lipinski definition) is 1. The Hall–Kier alpha value is -3.92. The van der Waals surface area contributed by atoms with Crippen LogP contribution in [-0.4, -0.2) is 35.6 Å². The molecule has 6 rings (SSSR count). The van der Waals surface area contributed by atoms with Crippen molar-refractivity contribution in [3.8, 4) is 11.5 Å². The molecule has 2 aliphatic carbocycles. The quantitative estimate of drug-likeness (QED) is 0.220. The van der Waals surface area contributed by atoms with Crippen molar-refractivity contribution in [2.24, 2.45) is 10.8 Å². The number of benzene rings is 3. The summed E-state index contributed by atoms with van der Waals surface area (Å²) in [7, 11) is 0. The summed E-state index contributed by atoms with van der Waals surface area (Å²) < 4.78 is 12.9. The van der Waals surface area contributed by atoms with Crippen LogP contribution in [0.1, 0.15) is 77.3 Å². The van der Waals surface area contributed by atoms with E-state index >= 15 is 0 Å². The second-order valence-electron chi connectivity index (χ2n) is 14.6. The van der Waals surface area contributed by atoms with Crippen LogP contribution in [0, 0.1) is 14.4 Å². The standard InChI is InChI=1S/C40H43IN2O5/c1-6-47-33-18-26(17-28(41)38(33)48-24-34(46)42-27-15-11-8-12-16-27)35-36-29(19-39(2,3)21-31(36)44)43(23-25-13-9-7-10-14-25)30-20-40(4,5)22-32(45)37(30)35/h7-18,35H,6,19-24H2,1-5H3,(H,42,46). The Morgan fingerprint density at radius 2 is 1.40 bits per heavy atom. The van der Waals surface area contributed by atoms with Crippen LogP contribution in [0.4, 0.5) is 5.69 Å². The van der Waals surface area contributed by atoms with Gasteiger partial charge in [-0.3, -0.25) is 14.4 Å². The van der Waals surface area contributed by atoms with Crippen LogP contribution in [0.2, 0.25) is 0 Å². The summed E-state index contributed by atoms with van der Waals surface area (Å²) in [5.41, 5.74) is 5.66. The van der Waals surface area contributed by atoms with Crippen LogP contribution < -0.4 is 14.8 Å². The number of hydrogen-bond acceptors (Lipinski definition) is 6. The van der Waals surface area contributed by atoms with Gasteiger partial charge in [0.05, 0.1) is 10.2 Å². The van der Waals surface area contributed by atoms with Gasteiger partial charge in [0, 0.05) is 53.5 Å². The topological polar surface area (TPSA) is 84.9 Å². The van der Waals surface area contributed by atoms with Gasteiger partial charge in [-0.1, -0.05) is 76.2 Å². The molecule has 0 aromatic heterocycles. The first kappa shape index (κ1) is 34.0. The summed E-state index contributed by atoms with van der Waals surface area (Å²) >= 11 is 2.20. The lowest BCUT2D eigenvalue weighted by molar-refractivity contribution is -0.120. The number of Topliss-reactive ketones (excluding diaryl/α,β-unsaturated/α-hetero) is 2. The molecule has 7 nitrogen and oxygen atoms in total. The molecule has 0 saturated carbocycles. The zero-order valence-electron chi connectivity index (χ0n) is 28.3. The molecule has 0 unspecified atom stereocenters. The third-order valence-corrected chi connectivity index (χ3v) is 10.1. The van der Waals surface area contributed by atoms with E-state index in [1.54, 1.807) is 0 Å². The van der Waals surface area contributed by atoms with E-state index in [0.29, 0.717) is 54.3 Å². The van der Waals surface area contributed by atoms with Gasteiger partial charge in [0.15, 0.2) is 29.7 Å². The van der Waals surface area contributed by atoms with Crippen LogP contribution in [0.25, 0.3) is 0 Å². The number of para-hydroxylation sites is 1. The van der Waals surface area contributed by atoms with Gasteiger partial charge >= 0.3 is 0 Å². The SMILES string of the molecule is CCOc1cc(C2C3=C(CC(C)(C)CC3=O)N(Cc3ccccc3)C3=C2C(=O)CC(C)(C)C3)cc(I)c1OCC(=O)Nc1ccccc1. The smallest absolute Gasteiger partial charge is 0.262 e. The molecular weight excluding hydrogens is 715 g/mol. The normalized spacial score (nSPS) is 18.8. The summed E-state index contributed by atoms with van der Waals surface area (Å²) in [5, 5.41) is 2.85. The van der Waals surface area contributed by atoms with Crippen LogP contribution in [0.15, 0.2) is 95.3 Å². The molecule has 1 amide bonds. The molecule has 0 saturated heterocycles. The fraction of sp³-hybridized carbons (Fsp3) is 0.375. The van der Waals surface area contributed by atoms with E-state index in [9.17, 15) is 14.4 Å². The molecule has 0 spiro atoms. The molecule has 1 N–H and O–H groups in total. The number of amides is 1. The van der Waals surface area contributed by atoms with Crippen LogP contribution in [-0.2, 0) is 20.9 Å². The monoisotopic (exact) mass is 758 g/mol. The molecule has 3 aliphatic rings. The Balaban J connectivity index is 1.45. The van der Waals surface area contributed by atoms with Crippen molar-refractivity contribution < 1.29 is 23.9 Å². The molecule has 1 heterocycles. The Kier molecular flexibility index (Phi) is 9.57. The minimum atomic E-state index is -0.516. The molecule has 8 heteroatoms. The average Bonchev–Trinajstić information content (AvgIpc) is 3.01. The van der Waals surface area contributed by atoms with Gasteiger partial charge in [-0.25, -0.2) is 0 Å². The molecule has 0 fully saturated rings.